The summed E-state index contributed by atoms with van der Waals surface area (Å²) in [6.45, 7) is 4.22. The van der Waals surface area contributed by atoms with Gasteiger partial charge in [-0.3, -0.25) is 4.72 Å². The van der Waals surface area contributed by atoms with Crippen molar-refractivity contribution in [1.29, 1.82) is 0 Å². The van der Waals surface area contributed by atoms with Crippen LogP contribution in [-0.2, 0) is 16.4 Å². The van der Waals surface area contributed by atoms with Crippen molar-refractivity contribution in [2.45, 2.75) is 12.8 Å². The molecule has 2 N–H and O–H groups in total. The molecule has 0 saturated heterocycles. The van der Waals surface area contributed by atoms with Gasteiger partial charge in [-0.15, -0.1) is 6.58 Å². The van der Waals surface area contributed by atoms with Crippen LogP contribution in [0.2, 0.25) is 0 Å². The molecule has 1 aromatic carbocycles. The number of pyridine rings is 1. The van der Waals surface area contributed by atoms with E-state index < -0.39 is 10.0 Å². The highest BCUT2D eigenvalue weighted by Gasteiger charge is 2.10. The van der Waals surface area contributed by atoms with Crippen LogP contribution in [0.1, 0.15) is 12.0 Å². The Kier molecular flexibility index (Phi) is 6.17. The van der Waals surface area contributed by atoms with Crippen molar-refractivity contribution >= 4 is 21.5 Å². The molecular weight excluding hydrogens is 310 g/mol. The zero-order valence-electron chi connectivity index (χ0n) is 12.9. The van der Waals surface area contributed by atoms with Gasteiger partial charge in [-0.1, -0.05) is 36.4 Å². The summed E-state index contributed by atoms with van der Waals surface area (Å²) in [6.07, 6.45) is 4.54. The first kappa shape index (κ1) is 17.0. The fourth-order valence-electron chi connectivity index (χ4n) is 2.08. The number of hydrogen-bond acceptors (Lipinski definition) is 4. The maximum Gasteiger partial charge on any atom is 0.232 e. The number of nitrogens with zero attached hydrogens (tertiary/aromatic N) is 1. The Hall–Kier alpha value is -2.34. The Morgan fingerprint density at radius 3 is 2.57 bits per heavy atom. The van der Waals surface area contributed by atoms with Gasteiger partial charge in [-0.05, 0) is 30.5 Å². The number of aromatic nitrogens is 1. The van der Waals surface area contributed by atoms with Crippen molar-refractivity contribution in [2.24, 2.45) is 0 Å². The van der Waals surface area contributed by atoms with Gasteiger partial charge in [0.1, 0.15) is 5.82 Å². The third kappa shape index (κ3) is 6.12. The normalized spacial score (nSPS) is 11.0. The van der Waals surface area contributed by atoms with Crippen LogP contribution in [-0.4, -0.2) is 25.7 Å². The van der Waals surface area contributed by atoms with Crippen LogP contribution in [0.4, 0.5) is 11.5 Å². The lowest BCUT2D eigenvalue weighted by Gasteiger charge is -2.09. The minimum absolute atomic E-state index is 0.0817. The lowest BCUT2D eigenvalue weighted by Crippen LogP contribution is -2.17. The SMILES string of the molecule is C=CCNc1ccc(NS(=O)(=O)CCCc2ccccc2)cn1. The molecule has 122 valence electrons. The molecule has 0 atom stereocenters. The monoisotopic (exact) mass is 331 g/mol. The molecule has 0 spiro atoms. The molecule has 0 fully saturated rings. The zero-order chi connectivity index (χ0) is 16.5. The second-order valence-corrected chi connectivity index (χ2v) is 6.95. The van der Waals surface area contributed by atoms with E-state index in [1.54, 1.807) is 18.2 Å². The van der Waals surface area contributed by atoms with Crippen molar-refractivity contribution < 1.29 is 8.42 Å². The van der Waals surface area contributed by atoms with Crippen LogP contribution >= 0.6 is 0 Å². The smallest absolute Gasteiger partial charge is 0.232 e. The molecule has 0 aliphatic carbocycles. The minimum Gasteiger partial charge on any atom is -0.367 e. The summed E-state index contributed by atoms with van der Waals surface area (Å²) in [5, 5.41) is 3.03. The van der Waals surface area contributed by atoms with Crippen LogP contribution in [0.3, 0.4) is 0 Å². The summed E-state index contributed by atoms with van der Waals surface area (Å²) >= 11 is 0. The van der Waals surface area contributed by atoms with Gasteiger partial charge in [0, 0.05) is 6.54 Å². The maximum absolute atomic E-state index is 12.1. The summed E-state index contributed by atoms with van der Waals surface area (Å²) in [5.41, 5.74) is 1.61. The maximum atomic E-state index is 12.1. The van der Waals surface area contributed by atoms with Crippen molar-refractivity contribution in [3.8, 4) is 0 Å². The van der Waals surface area contributed by atoms with Gasteiger partial charge < -0.3 is 5.32 Å². The van der Waals surface area contributed by atoms with Gasteiger partial charge in [-0.25, -0.2) is 13.4 Å². The quantitative estimate of drug-likeness (QED) is 0.693. The Balaban J connectivity index is 1.84. The number of aryl methyl sites for hydroxylation is 1. The summed E-state index contributed by atoms with van der Waals surface area (Å²) in [4.78, 5) is 4.14. The molecule has 0 radical (unpaired) electrons. The van der Waals surface area contributed by atoms with Crippen molar-refractivity contribution in [1.82, 2.24) is 4.98 Å². The number of sulfonamides is 1. The van der Waals surface area contributed by atoms with Crippen molar-refractivity contribution in [2.75, 3.05) is 22.3 Å². The Labute approximate surface area is 137 Å². The fourth-order valence-corrected chi connectivity index (χ4v) is 3.18. The van der Waals surface area contributed by atoms with E-state index in [2.05, 4.69) is 21.6 Å². The highest BCUT2D eigenvalue weighted by atomic mass is 32.2. The van der Waals surface area contributed by atoms with E-state index in [9.17, 15) is 8.42 Å². The molecule has 0 aliphatic heterocycles. The molecular formula is C17H21N3O2S. The van der Waals surface area contributed by atoms with Gasteiger partial charge in [0.2, 0.25) is 10.0 Å². The van der Waals surface area contributed by atoms with Crippen LogP contribution in [0.5, 0.6) is 0 Å². The van der Waals surface area contributed by atoms with E-state index in [-0.39, 0.29) is 5.75 Å². The first-order valence-corrected chi connectivity index (χ1v) is 9.09. The Bertz CT molecular complexity index is 713. The van der Waals surface area contributed by atoms with Crippen molar-refractivity contribution in [3.63, 3.8) is 0 Å². The van der Waals surface area contributed by atoms with E-state index >= 15 is 0 Å². The van der Waals surface area contributed by atoms with Crippen LogP contribution in [0.25, 0.3) is 0 Å². The molecule has 2 aromatic rings. The Morgan fingerprint density at radius 1 is 1.13 bits per heavy atom. The standard InChI is InChI=1S/C17H21N3O2S/c1-2-12-18-17-11-10-16(14-19-17)20-23(21,22)13-6-9-15-7-4-3-5-8-15/h2-5,7-8,10-11,14,20H,1,6,9,12-13H2,(H,18,19). The molecule has 0 unspecified atom stereocenters. The summed E-state index contributed by atoms with van der Waals surface area (Å²) < 4.78 is 26.7. The first-order chi connectivity index (χ1) is 11.1. The largest absolute Gasteiger partial charge is 0.367 e. The van der Waals surface area contributed by atoms with Crippen molar-refractivity contribution in [3.05, 3.63) is 66.9 Å². The van der Waals surface area contributed by atoms with Gasteiger partial charge in [0.15, 0.2) is 0 Å². The van der Waals surface area contributed by atoms with Crippen LogP contribution in [0.15, 0.2) is 61.3 Å². The minimum atomic E-state index is -3.36. The van der Waals surface area contributed by atoms with E-state index in [0.717, 1.165) is 12.0 Å². The predicted octanol–water partition coefficient (Wildman–Crippen LogP) is 3.05. The molecule has 5 nitrogen and oxygen atoms in total. The zero-order valence-corrected chi connectivity index (χ0v) is 13.7. The van der Waals surface area contributed by atoms with Gasteiger partial charge >= 0.3 is 0 Å². The summed E-state index contributed by atoms with van der Waals surface area (Å²) in [6, 6.07) is 13.3. The number of hydrogen-bond donors (Lipinski definition) is 2. The van der Waals surface area contributed by atoms with Crippen LogP contribution < -0.4 is 10.0 Å². The molecule has 2 rings (SSSR count). The number of nitrogens with one attached hydrogen (secondary N) is 2. The number of anilines is 2. The number of rotatable bonds is 9. The molecule has 0 saturated carbocycles. The van der Waals surface area contributed by atoms with E-state index in [4.69, 9.17) is 0 Å². The average Bonchev–Trinajstić information content (AvgIpc) is 2.55. The molecule has 0 bridgehead atoms. The topological polar surface area (TPSA) is 71.1 Å². The molecule has 1 heterocycles. The molecule has 23 heavy (non-hydrogen) atoms. The molecule has 0 amide bonds. The molecule has 0 aliphatic rings. The third-order valence-electron chi connectivity index (χ3n) is 3.19. The first-order valence-electron chi connectivity index (χ1n) is 7.44. The summed E-state index contributed by atoms with van der Waals surface area (Å²) in [7, 11) is -3.36. The van der Waals surface area contributed by atoms with E-state index in [1.165, 1.54) is 6.20 Å². The van der Waals surface area contributed by atoms with Gasteiger partial charge in [0.05, 0.1) is 17.6 Å². The summed E-state index contributed by atoms with van der Waals surface area (Å²) in [5.74, 6) is 0.759. The lowest BCUT2D eigenvalue weighted by atomic mass is 10.1. The van der Waals surface area contributed by atoms with E-state index in [1.807, 2.05) is 30.3 Å². The average molecular weight is 331 g/mol. The lowest BCUT2D eigenvalue weighted by molar-refractivity contribution is 0.598. The van der Waals surface area contributed by atoms with Gasteiger partial charge in [-0.2, -0.15) is 0 Å². The van der Waals surface area contributed by atoms with Crippen LogP contribution in [0, 0.1) is 0 Å². The second kappa shape index (κ2) is 8.33. The third-order valence-corrected chi connectivity index (χ3v) is 4.56. The second-order valence-electron chi connectivity index (χ2n) is 5.11. The van der Waals surface area contributed by atoms with E-state index in [0.29, 0.717) is 24.5 Å². The number of benzene rings is 1. The fraction of sp³-hybridized carbons (Fsp3) is 0.235. The highest BCUT2D eigenvalue weighted by molar-refractivity contribution is 7.92. The highest BCUT2D eigenvalue weighted by Crippen LogP contribution is 2.12. The predicted molar refractivity (Wildman–Crippen MR) is 95.1 cm³/mol. The Morgan fingerprint density at radius 2 is 1.91 bits per heavy atom. The van der Waals surface area contributed by atoms with Gasteiger partial charge in [0.25, 0.3) is 0 Å². The molecule has 1 aromatic heterocycles. The molecule has 6 heteroatoms.